The summed E-state index contributed by atoms with van der Waals surface area (Å²) in [5, 5.41) is 10.8. The number of hydrogen-bond acceptors (Lipinski definition) is 2. The Balaban J connectivity index is 2.06. The summed E-state index contributed by atoms with van der Waals surface area (Å²) in [4.78, 5) is 0. The third kappa shape index (κ3) is 2.68. The van der Waals surface area contributed by atoms with Crippen LogP contribution in [0.1, 0.15) is 64.7 Å². The second-order valence-corrected chi connectivity index (χ2v) is 6.43. The van der Waals surface area contributed by atoms with Gasteiger partial charge in [-0.15, -0.1) is 0 Å². The lowest BCUT2D eigenvalue weighted by molar-refractivity contribution is -0.0479. The number of aliphatic hydroxyl groups excluding tert-OH is 1. The van der Waals surface area contributed by atoms with E-state index in [1.807, 2.05) is 0 Å². The summed E-state index contributed by atoms with van der Waals surface area (Å²) in [6.45, 7) is 2.96. The fourth-order valence-corrected chi connectivity index (χ4v) is 4.22. The van der Waals surface area contributed by atoms with Crippen molar-refractivity contribution in [3.8, 4) is 0 Å². The number of hydrogen-bond donors (Lipinski definition) is 2. The van der Waals surface area contributed by atoms with Gasteiger partial charge in [-0.2, -0.15) is 0 Å². The molecule has 0 amide bonds. The van der Waals surface area contributed by atoms with E-state index < -0.39 is 0 Å². The van der Waals surface area contributed by atoms with Crippen LogP contribution in [0.15, 0.2) is 0 Å². The molecule has 2 saturated carbocycles. The highest BCUT2D eigenvalue weighted by Gasteiger charge is 2.44. The fraction of sp³-hybridized carbons (Fsp3) is 1.00. The minimum absolute atomic E-state index is 0.0495. The fourth-order valence-electron chi connectivity index (χ4n) is 4.22. The van der Waals surface area contributed by atoms with Crippen LogP contribution in [-0.2, 0) is 0 Å². The molecule has 2 rings (SSSR count). The summed E-state index contributed by atoms with van der Waals surface area (Å²) < 4.78 is 0. The number of nitrogens with two attached hydrogens (primary N) is 1. The van der Waals surface area contributed by atoms with E-state index in [0.717, 1.165) is 18.8 Å². The molecule has 0 aromatic heterocycles. The topological polar surface area (TPSA) is 46.2 Å². The molecule has 2 aliphatic rings. The molecule has 2 aliphatic carbocycles. The quantitative estimate of drug-likeness (QED) is 0.792. The first-order valence-corrected chi connectivity index (χ1v) is 7.60. The molecule has 0 aliphatic heterocycles. The van der Waals surface area contributed by atoms with Crippen LogP contribution in [0.2, 0.25) is 0 Å². The van der Waals surface area contributed by atoms with E-state index in [-0.39, 0.29) is 11.5 Å². The van der Waals surface area contributed by atoms with E-state index in [4.69, 9.17) is 5.73 Å². The molecule has 3 N–H and O–H groups in total. The first kappa shape index (κ1) is 13.4. The minimum Gasteiger partial charge on any atom is -0.392 e. The highest BCUT2D eigenvalue weighted by molar-refractivity contribution is 4.96. The van der Waals surface area contributed by atoms with Crippen molar-refractivity contribution in [2.24, 2.45) is 23.0 Å². The van der Waals surface area contributed by atoms with Gasteiger partial charge in [0.05, 0.1) is 6.10 Å². The molecule has 17 heavy (non-hydrogen) atoms. The van der Waals surface area contributed by atoms with E-state index in [9.17, 15) is 5.11 Å². The monoisotopic (exact) mass is 239 g/mol. The predicted octanol–water partition coefficient (Wildman–Crippen LogP) is 3.08. The molecule has 0 saturated heterocycles. The van der Waals surface area contributed by atoms with Crippen LogP contribution in [0, 0.1) is 17.3 Å². The van der Waals surface area contributed by atoms with Gasteiger partial charge >= 0.3 is 0 Å². The second kappa shape index (κ2) is 5.71. The largest absolute Gasteiger partial charge is 0.392 e. The average molecular weight is 239 g/mol. The lowest BCUT2D eigenvalue weighted by Gasteiger charge is -2.45. The maximum atomic E-state index is 10.8. The van der Waals surface area contributed by atoms with Crippen molar-refractivity contribution in [3.63, 3.8) is 0 Å². The van der Waals surface area contributed by atoms with Crippen LogP contribution in [0.25, 0.3) is 0 Å². The number of aliphatic hydroxyl groups is 1. The van der Waals surface area contributed by atoms with E-state index >= 15 is 0 Å². The Kier molecular flexibility index (Phi) is 4.48. The molecule has 2 fully saturated rings. The standard InChI is InChI=1S/C15H29NO/c1-2-12-6-5-9-15(10-12,11-16)14(17)13-7-3-4-8-13/h12-14,17H,2-11,16H2,1H3. The Morgan fingerprint density at radius 2 is 1.94 bits per heavy atom. The zero-order chi connectivity index (χ0) is 12.3. The number of rotatable bonds is 4. The predicted molar refractivity (Wildman–Crippen MR) is 71.7 cm³/mol. The van der Waals surface area contributed by atoms with Crippen LogP contribution >= 0.6 is 0 Å². The van der Waals surface area contributed by atoms with Crippen molar-refractivity contribution in [1.82, 2.24) is 0 Å². The van der Waals surface area contributed by atoms with Gasteiger partial charge in [0.1, 0.15) is 0 Å². The van der Waals surface area contributed by atoms with Gasteiger partial charge in [-0.05, 0) is 37.5 Å². The maximum Gasteiger partial charge on any atom is 0.0636 e. The highest BCUT2D eigenvalue weighted by Crippen LogP contribution is 2.47. The van der Waals surface area contributed by atoms with E-state index in [1.54, 1.807) is 0 Å². The van der Waals surface area contributed by atoms with E-state index in [1.165, 1.54) is 44.9 Å². The van der Waals surface area contributed by atoms with Crippen LogP contribution < -0.4 is 5.73 Å². The highest BCUT2D eigenvalue weighted by atomic mass is 16.3. The summed E-state index contributed by atoms with van der Waals surface area (Å²) in [5.41, 5.74) is 6.11. The zero-order valence-electron chi connectivity index (χ0n) is 11.3. The molecule has 100 valence electrons. The lowest BCUT2D eigenvalue weighted by atomic mass is 9.63. The average Bonchev–Trinajstić information content (AvgIpc) is 2.91. The van der Waals surface area contributed by atoms with Crippen molar-refractivity contribution >= 4 is 0 Å². The van der Waals surface area contributed by atoms with E-state index in [0.29, 0.717) is 12.5 Å². The van der Waals surface area contributed by atoms with Crippen LogP contribution in [-0.4, -0.2) is 17.8 Å². The van der Waals surface area contributed by atoms with Crippen molar-refractivity contribution in [1.29, 1.82) is 0 Å². The van der Waals surface area contributed by atoms with E-state index in [2.05, 4.69) is 6.92 Å². The molecule has 2 heteroatoms. The smallest absolute Gasteiger partial charge is 0.0636 e. The van der Waals surface area contributed by atoms with Crippen molar-refractivity contribution in [2.45, 2.75) is 70.8 Å². The molecular weight excluding hydrogens is 210 g/mol. The molecule has 0 radical (unpaired) electrons. The Bertz CT molecular complexity index is 237. The molecule has 0 spiro atoms. The summed E-state index contributed by atoms with van der Waals surface area (Å²) >= 11 is 0. The zero-order valence-corrected chi connectivity index (χ0v) is 11.3. The summed E-state index contributed by atoms with van der Waals surface area (Å²) in [6, 6.07) is 0. The maximum absolute atomic E-state index is 10.8. The minimum atomic E-state index is -0.135. The van der Waals surface area contributed by atoms with Crippen LogP contribution in [0.3, 0.4) is 0 Å². The molecule has 0 bridgehead atoms. The van der Waals surface area contributed by atoms with Gasteiger partial charge in [-0.1, -0.05) is 39.0 Å². The third-order valence-electron chi connectivity index (χ3n) is 5.44. The van der Waals surface area contributed by atoms with Crippen molar-refractivity contribution in [3.05, 3.63) is 0 Å². The van der Waals surface area contributed by atoms with Gasteiger partial charge in [0.2, 0.25) is 0 Å². The Labute approximate surface area is 106 Å². The molecule has 3 unspecified atom stereocenters. The van der Waals surface area contributed by atoms with Crippen LogP contribution in [0.4, 0.5) is 0 Å². The molecule has 0 heterocycles. The molecule has 3 atom stereocenters. The van der Waals surface area contributed by atoms with Gasteiger partial charge in [0.15, 0.2) is 0 Å². The second-order valence-electron chi connectivity index (χ2n) is 6.43. The molecule has 0 aromatic carbocycles. The molecule has 0 aromatic rings. The van der Waals surface area contributed by atoms with Gasteiger partial charge in [0, 0.05) is 12.0 Å². The summed E-state index contributed by atoms with van der Waals surface area (Å²) in [7, 11) is 0. The lowest BCUT2D eigenvalue weighted by Crippen LogP contribution is -2.48. The van der Waals surface area contributed by atoms with Crippen LogP contribution in [0.5, 0.6) is 0 Å². The summed E-state index contributed by atoms with van der Waals surface area (Å²) in [5.74, 6) is 1.33. The molecular formula is C15H29NO. The Hall–Kier alpha value is -0.0800. The van der Waals surface area contributed by atoms with Gasteiger partial charge < -0.3 is 10.8 Å². The van der Waals surface area contributed by atoms with Gasteiger partial charge in [-0.3, -0.25) is 0 Å². The summed E-state index contributed by atoms with van der Waals surface area (Å²) in [6.07, 6.45) is 11.1. The first-order chi connectivity index (χ1) is 8.22. The van der Waals surface area contributed by atoms with Crippen molar-refractivity contribution in [2.75, 3.05) is 6.54 Å². The Morgan fingerprint density at radius 3 is 2.53 bits per heavy atom. The van der Waals surface area contributed by atoms with Crippen molar-refractivity contribution < 1.29 is 5.11 Å². The third-order valence-corrected chi connectivity index (χ3v) is 5.44. The molecule has 2 nitrogen and oxygen atoms in total. The normalized spacial score (nSPS) is 37.2. The van der Waals surface area contributed by atoms with Gasteiger partial charge in [-0.25, -0.2) is 0 Å². The first-order valence-electron chi connectivity index (χ1n) is 7.60. The SMILES string of the molecule is CCC1CCCC(CN)(C(O)C2CCCC2)C1. The Morgan fingerprint density at radius 1 is 1.24 bits per heavy atom. The van der Waals surface area contributed by atoms with Gasteiger partial charge in [0.25, 0.3) is 0 Å².